The maximum Gasteiger partial charge on any atom is 0.416 e. The first-order valence-corrected chi connectivity index (χ1v) is 7.56. The Morgan fingerprint density at radius 2 is 2.15 bits per heavy atom. The SMILES string of the molecule is CCN(CC1CCCN1)c1ccc(C(F)(F)F)cc1Br. The van der Waals surface area contributed by atoms with Gasteiger partial charge in [0.15, 0.2) is 0 Å². The standard InChI is InChI=1S/C14H18BrF3N2/c1-2-20(9-11-4-3-7-19-11)13-6-5-10(8-12(13)15)14(16,17)18/h5-6,8,11,19H,2-4,7,9H2,1H3. The van der Waals surface area contributed by atoms with Gasteiger partial charge in [-0.25, -0.2) is 0 Å². The Kier molecular flexibility index (Phi) is 4.96. The topological polar surface area (TPSA) is 15.3 Å². The van der Waals surface area contributed by atoms with E-state index in [-0.39, 0.29) is 0 Å². The fourth-order valence-electron chi connectivity index (χ4n) is 2.52. The number of hydrogen-bond acceptors (Lipinski definition) is 2. The number of anilines is 1. The third-order valence-electron chi connectivity index (χ3n) is 3.60. The van der Waals surface area contributed by atoms with Crippen LogP contribution in [0.1, 0.15) is 25.3 Å². The molecule has 1 aromatic rings. The van der Waals surface area contributed by atoms with E-state index in [9.17, 15) is 13.2 Å². The van der Waals surface area contributed by atoms with Crippen molar-refractivity contribution >= 4 is 21.6 Å². The second-order valence-electron chi connectivity index (χ2n) is 5.00. The molecule has 6 heteroatoms. The molecule has 1 atom stereocenters. The van der Waals surface area contributed by atoms with Crippen molar-refractivity contribution in [3.05, 3.63) is 28.2 Å². The fourth-order valence-corrected chi connectivity index (χ4v) is 3.15. The molecule has 1 N–H and O–H groups in total. The molecule has 0 aliphatic carbocycles. The lowest BCUT2D eigenvalue weighted by molar-refractivity contribution is -0.137. The first kappa shape index (κ1) is 15.6. The first-order valence-electron chi connectivity index (χ1n) is 6.77. The second kappa shape index (κ2) is 6.35. The Labute approximate surface area is 125 Å². The molecule has 1 heterocycles. The zero-order valence-electron chi connectivity index (χ0n) is 11.3. The van der Waals surface area contributed by atoms with Gasteiger partial charge in [0.1, 0.15) is 0 Å². The highest BCUT2D eigenvalue weighted by Crippen LogP contribution is 2.35. The molecule has 1 aliphatic heterocycles. The average molecular weight is 351 g/mol. The lowest BCUT2D eigenvalue weighted by Crippen LogP contribution is -2.37. The Bertz CT molecular complexity index is 456. The molecule has 0 aromatic heterocycles. The number of likely N-dealkylation sites (N-methyl/N-ethyl adjacent to an activating group) is 1. The van der Waals surface area contributed by atoms with Crippen LogP contribution in [-0.2, 0) is 6.18 Å². The Morgan fingerprint density at radius 3 is 2.65 bits per heavy atom. The van der Waals surface area contributed by atoms with Gasteiger partial charge in [0.2, 0.25) is 0 Å². The minimum Gasteiger partial charge on any atom is -0.369 e. The van der Waals surface area contributed by atoms with Crippen LogP contribution in [0, 0.1) is 0 Å². The van der Waals surface area contributed by atoms with Gasteiger partial charge < -0.3 is 10.2 Å². The molecule has 0 spiro atoms. The zero-order chi connectivity index (χ0) is 14.8. The third kappa shape index (κ3) is 3.67. The van der Waals surface area contributed by atoms with Gasteiger partial charge in [-0.2, -0.15) is 13.2 Å². The number of nitrogens with one attached hydrogen (secondary N) is 1. The predicted molar refractivity (Wildman–Crippen MR) is 78.1 cm³/mol. The highest BCUT2D eigenvalue weighted by molar-refractivity contribution is 9.10. The van der Waals surface area contributed by atoms with Crippen molar-refractivity contribution in [1.29, 1.82) is 0 Å². The Morgan fingerprint density at radius 1 is 1.40 bits per heavy atom. The summed E-state index contributed by atoms with van der Waals surface area (Å²) in [6.45, 7) is 4.62. The van der Waals surface area contributed by atoms with Crippen LogP contribution in [0.15, 0.2) is 22.7 Å². The van der Waals surface area contributed by atoms with E-state index in [0.29, 0.717) is 10.5 Å². The summed E-state index contributed by atoms with van der Waals surface area (Å²) >= 11 is 3.27. The normalized spacial score (nSPS) is 19.4. The van der Waals surface area contributed by atoms with E-state index in [0.717, 1.165) is 50.3 Å². The predicted octanol–water partition coefficient (Wildman–Crippen LogP) is 4.05. The lowest BCUT2D eigenvalue weighted by atomic mass is 10.1. The summed E-state index contributed by atoms with van der Waals surface area (Å²) in [6.07, 6.45) is -2.02. The van der Waals surface area contributed by atoms with Crippen LogP contribution < -0.4 is 10.2 Å². The molecule has 1 aromatic carbocycles. The zero-order valence-corrected chi connectivity index (χ0v) is 12.9. The van der Waals surface area contributed by atoms with Gasteiger partial charge in [0.05, 0.1) is 11.3 Å². The highest BCUT2D eigenvalue weighted by atomic mass is 79.9. The van der Waals surface area contributed by atoms with Crippen molar-refractivity contribution < 1.29 is 13.2 Å². The van der Waals surface area contributed by atoms with Crippen molar-refractivity contribution in [2.75, 3.05) is 24.5 Å². The minimum atomic E-state index is -4.30. The molecule has 112 valence electrons. The summed E-state index contributed by atoms with van der Waals surface area (Å²) in [7, 11) is 0. The molecule has 1 fully saturated rings. The van der Waals surface area contributed by atoms with Crippen LogP contribution in [0.2, 0.25) is 0 Å². The van der Waals surface area contributed by atoms with E-state index in [4.69, 9.17) is 0 Å². The summed E-state index contributed by atoms with van der Waals surface area (Å²) in [4.78, 5) is 2.10. The van der Waals surface area contributed by atoms with E-state index in [1.54, 1.807) is 6.07 Å². The summed E-state index contributed by atoms with van der Waals surface area (Å²) in [6, 6.07) is 4.26. The van der Waals surface area contributed by atoms with E-state index < -0.39 is 11.7 Å². The van der Waals surface area contributed by atoms with E-state index in [1.165, 1.54) is 0 Å². The van der Waals surface area contributed by atoms with Crippen molar-refractivity contribution in [2.45, 2.75) is 32.0 Å². The van der Waals surface area contributed by atoms with Gasteiger partial charge in [-0.05, 0) is 60.4 Å². The molecular weight excluding hydrogens is 333 g/mol. The van der Waals surface area contributed by atoms with Crippen LogP contribution in [0.5, 0.6) is 0 Å². The van der Waals surface area contributed by atoms with Gasteiger partial charge in [-0.3, -0.25) is 0 Å². The summed E-state index contributed by atoms with van der Waals surface area (Å²) in [5.74, 6) is 0. The van der Waals surface area contributed by atoms with Crippen LogP contribution in [-0.4, -0.2) is 25.7 Å². The molecule has 1 unspecified atom stereocenters. The monoisotopic (exact) mass is 350 g/mol. The number of hydrogen-bond donors (Lipinski definition) is 1. The average Bonchev–Trinajstić information content (AvgIpc) is 2.88. The third-order valence-corrected chi connectivity index (χ3v) is 4.24. The first-order chi connectivity index (χ1) is 9.41. The maximum atomic E-state index is 12.7. The molecule has 0 amide bonds. The number of alkyl halides is 3. The molecule has 1 saturated heterocycles. The van der Waals surface area contributed by atoms with Crippen molar-refractivity contribution in [1.82, 2.24) is 5.32 Å². The van der Waals surface area contributed by atoms with Gasteiger partial charge in [-0.1, -0.05) is 0 Å². The van der Waals surface area contributed by atoms with E-state index in [2.05, 4.69) is 26.1 Å². The quantitative estimate of drug-likeness (QED) is 0.881. The summed E-state index contributed by atoms with van der Waals surface area (Å²) in [5.41, 5.74) is 0.192. The van der Waals surface area contributed by atoms with Crippen molar-refractivity contribution in [3.8, 4) is 0 Å². The molecule has 0 bridgehead atoms. The van der Waals surface area contributed by atoms with Crippen molar-refractivity contribution in [2.24, 2.45) is 0 Å². The smallest absolute Gasteiger partial charge is 0.369 e. The molecular formula is C14H18BrF3N2. The number of benzene rings is 1. The van der Waals surface area contributed by atoms with Crippen LogP contribution >= 0.6 is 15.9 Å². The van der Waals surface area contributed by atoms with Crippen molar-refractivity contribution in [3.63, 3.8) is 0 Å². The summed E-state index contributed by atoms with van der Waals surface area (Å²) < 4.78 is 38.5. The van der Waals surface area contributed by atoms with Gasteiger partial charge in [0.25, 0.3) is 0 Å². The molecule has 1 aliphatic rings. The second-order valence-corrected chi connectivity index (χ2v) is 5.85. The fraction of sp³-hybridized carbons (Fsp3) is 0.571. The number of halogens is 4. The largest absolute Gasteiger partial charge is 0.416 e. The molecule has 20 heavy (non-hydrogen) atoms. The van der Waals surface area contributed by atoms with E-state index >= 15 is 0 Å². The van der Waals surface area contributed by atoms with Crippen LogP contribution in [0.4, 0.5) is 18.9 Å². The van der Waals surface area contributed by atoms with Crippen LogP contribution in [0.3, 0.4) is 0 Å². The molecule has 0 saturated carbocycles. The molecule has 2 rings (SSSR count). The minimum absolute atomic E-state index is 0.421. The lowest BCUT2D eigenvalue weighted by Gasteiger charge is -2.28. The molecule has 2 nitrogen and oxygen atoms in total. The van der Waals surface area contributed by atoms with Crippen LogP contribution in [0.25, 0.3) is 0 Å². The van der Waals surface area contributed by atoms with E-state index in [1.807, 2.05) is 6.92 Å². The number of rotatable bonds is 4. The van der Waals surface area contributed by atoms with Gasteiger partial charge in [0, 0.05) is 23.6 Å². The van der Waals surface area contributed by atoms with Gasteiger partial charge in [-0.15, -0.1) is 0 Å². The maximum absolute atomic E-state index is 12.7. The Hall–Kier alpha value is -0.750. The van der Waals surface area contributed by atoms with Gasteiger partial charge >= 0.3 is 6.18 Å². The molecule has 0 radical (unpaired) electrons. The Balaban J connectivity index is 2.17. The summed E-state index contributed by atoms with van der Waals surface area (Å²) in [5, 5.41) is 3.41. The number of nitrogens with zero attached hydrogens (tertiary/aromatic N) is 1. The highest BCUT2D eigenvalue weighted by Gasteiger charge is 2.31.